The zero-order chi connectivity index (χ0) is 15.3. The Balaban J connectivity index is 2.12. The van der Waals surface area contributed by atoms with Crippen LogP contribution in [-0.2, 0) is 9.53 Å². The Morgan fingerprint density at radius 2 is 2.05 bits per heavy atom. The molecule has 2 fully saturated rings. The van der Waals surface area contributed by atoms with E-state index >= 15 is 0 Å². The van der Waals surface area contributed by atoms with Gasteiger partial charge in [-0.1, -0.05) is 6.58 Å². The van der Waals surface area contributed by atoms with Crippen LogP contribution in [0, 0.1) is 17.8 Å². The first-order valence-corrected chi connectivity index (χ1v) is 6.72. The van der Waals surface area contributed by atoms with Gasteiger partial charge in [0.15, 0.2) is 5.60 Å². The first-order chi connectivity index (χ1) is 9.06. The molecule has 0 aromatic heterocycles. The number of ether oxygens (including phenoxy) is 1. The molecule has 0 aromatic rings. The standard InChI is InChI=1S/C14H19F3O3/c1-7(2)12(18)20-8(3)10-4-9-5-11(10)13(19,6-9)14(15,16)17/h8-11,19H,1,4-6H2,2-3H3. The Bertz CT molecular complexity index is 432. The SMILES string of the molecule is C=C(C)C(=O)OC(C)C1CC2CC1C(O)(C(F)(F)F)C2. The Labute approximate surface area is 115 Å². The Hall–Kier alpha value is -1.04. The van der Waals surface area contributed by atoms with E-state index in [0.717, 1.165) is 0 Å². The third-order valence-electron chi connectivity index (χ3n) is 4.66. The number of hydrogen-bond donors (Lipinski definition) is 1. The largest absolute Gasteiger partial charge is 0.459 e. The van der Waals surface area contributed by atoms with Gasteiger partial charge in [-0.05, 0) is 39.0 Å². The molecule has 0 radical (unpaired) electrons. The Kier molecular flexibility index (Phi) is 3.65. The van der Waals surface area contributed by atoms with Crippen LogP contribution in [0.2, 0.25) is 0 Å². The maximum atomic E-state index is 13.1. The normalized spacial score (nSPS) is 37.8. The molecule has 2 saturated carbocycles. The van der Waals surface area contributed by atoms with Crippen molar-refractivity contribution in [1.82, 2.24) is 0 Å². The number of carbonyl (C=O) groups is 1. The molecule has 5 unspecified atom stereocenters. The second kappa shape index (κ2) is 4.76. The fourth-order valence-corrected chi connectivity index (χ4v) is 3.69. The van der Waals surface area contributed by atoms with E-state index in [0.29, 0.717) is 12.8 Å². The Morgan fingerprint density at radius 3 is 2.50 bits per heavy atom. The molecule has 0 aliphatic heterocycles. The van der Waals surface area contributed by atoms with Crippen LogP contribution in [0.15, 0.2) is 12.2 Å². The fraction of sp³-hybridized carbons (Fsp3) is 0.786. The summed E-state index contributed by atoms with van der Waals surface area (Å²) >= 11 is 0. The highest BCUT2D eigenvalue weighted by atomic mass is 19.4. The van der Waals surface area contributed by atoms with Crippen LogP contribution in [0.4, 0.5) is 13.2 Å². The third-order valence-corrected chi connectivity index (χ3v) is 4.66. The van der Waals surface area contributed by atoms with Gasteiger partial charge >= 0.3 is 12.1 Å². The van der Waals surface area contributed by atoms with Crippen LogP contribution in [0.3, 0.4) is 0 Å². The van der Waals surface area contributed by atoms with Gasteiger partial charge in [0.25, 0.3) is 0 Å². The van der Waals surface area contributed by atoms with E-state index in [2.05, 4.69) is 6.58 Å². The minimum atomic E-state index is -4.64. The Morgan fingerprint density at radius 1 is 1.45 bits per heavy atom. The van der Waals surface area contributed by atoms with E-state index in [9.17, 15) is 23.1 Å². The predicted octanol–water partition coefficient (Wildman–Crippen LogP) is 2.83. The van der Waals surface area contributed by atoms with Crippen LogP contribution in [0.5, 0.6) is 0 Å². The van der Waals surface area contributed by atoms with Gasteiger partial charge in [0.2, 0.25) is 0 Å². The summed E-state index contributed by atoms with van der Waals surface area (Å²) in [5, 5.41) is 10.00. The quantitative estimate of drug-likeness (QED) is 0.642. The van der Waals surface area contributed by atoms with Gasteiger partial charge in [0.1, 0.15) is 6.10 Å². The summed E-state index contributed by atoms with van der Waals surface area (Å²) < 4.78 is 44.3. The third kappa shape index (κ3) is 2.34. The van der Waals surface area contributed by atoms with E-state index in [1.165, 1.54) is 6.92 Å². The highest BCUT2D eigenvalue weighted by Gasteiger charge is 2.68. The molecule has 2 bridgehead atoms. The minimum absolute atomic E-state index is 0.150. The molecule has 3 nitrogen and oxygen atoms in total. The summed E-state index contributed by atoms with van der Waals surface area (Å²) in [6, 6.07) is 0. The van der Waals surface area contributed by atoms with Crippen molar-refractivity contribution in [1.29, 1.82) is 0 Å². The molecular weight excluding hydrogens is 273 g/mol. The second-order valence-electron chi connectivity index (χ2n) is 6.12. The minimum Gasteiger partial charge on any atom is -0.459 e. The zero-order valence-electron chi connectivity index (χ0n) is 11.5. The summed E-state index contributed by atoms with van der Waals surface area (Å²) in [6.45, 7) is 6.52. The van der Waals surface area contributed by atoms with Crippen LogP contribution in [-0.4, -0.2) is 29.0 Å². The highest BCUT2D eigenvalue weighted by Crippen LogP contribution is 2.60. The molecule has 6 heteroatoms. The molecule has 2 aliphatic rings. The van der Waals surface area contributed by atoms with Crippen molar-refractivity contribution >= 4 is 5.97 Å². The number of esters is 1. The molecule has 114 valence electrons. The second-order valence-corrected chi connectivity index (χ2v) is 6.12. The van der Waals surface area contributed by atoms with Gasteiger partial charge in [-0.2, -0.15) is 13.2 Å². The fourth-order valence-electron chi connectivity index (χ4n) is 3.69. The van der Waals surface area contributed by atoms with Crippen molar-refractivity contribution < 1.29 is 27.8 Å². The summed E-state index contributed by atoms with van der Waals surface area (Å²) in [5.41, 5.74) is -2.42. The number of carbonyl (C=O) groups excluding carboxylic acids is 1. The number of aliphatic hydroxyl groups is 1. The van der Waals surface area contributed by atoms with Crippen LogP contribution in [0.25, 0.3) is 0 Å². The summed E-state index contributed by atoms with van der Waals surface area (Å²) in [4.78, 5) is 11.5. The first kappa shape index (κ1) is 15.4. The lowest BCUT2D eigenvalue weighted by atomic mass is 9.74. The molecule has 2 rings (SSSR count). The molecule has 0 heterocycles. The summed E-state index contributed by atoms with van der Waals surface area (Å²) in [5.74, 6) is -2.09. The topological polar surface area (TPSA) is 46.5 Å². The molecule has 5 atom stereocenters. The lowest BCUT2D eigenvalue weighted by Gasteiger charge is -2.40. The van der Waals surface area contributed by atoms with Gasteiger partial charge < -0.3 is 9.84 Å². The summed E-state index contributed by atoms with van der Waals surface area (Å²) in [6.07, 6.45) is -4.62. The lowest BCUT2D eigenvalue weighted by Crippen LogP contribution is -2.53. The smallest absolute Gasteiger partial charge is 0.417 e. The van der Waals surface area contributed by atoms with E-state index in [1.54, 1.807) is 6.92 Å². The molecule has 20 heavy (non-hydrogen) atoms. The number of halogens is 3. The number of fused-ring (bicyclic) bond motifs is 2. The van der Waals surface area contributed by atoms with Gasteiger partial charge in [-0.15, -0.1) is 0 Å². The van der Waals surface area contributed by atoms with E-state index in [1.807, 2.05) is 0 Å². The first-order valence-electron chi connectivity index (χ1n) is 6.72. The number of alkyl halides is 3. The maximum Gasteiger partial charge on any atom is 0.417 e. The van der Waals surface area contributed by atoms with Crippen LogP contribution >= 0.6 is 0 Å². The van der Waals surface area contributed by atoms with Crippen molar-refractivity contribution in [3.8, 4) is 0 Å². The van der Waals surface area contributed by atoms with Crippen molar-refractivity contribution in [2.45, 2.75) is 51.0 Å². The predicted molar refractivity (Wildman–Crippen MR) is 65.7 cm³/mol. The van der Waals surface area contributed by atoms with Crippen LogP contribution in [0.1, 0.15) is 33.1 Å². The molecule has 1 N–H and O–H groups in total. The molecule has 0 aromatic carbocycles. The molecule has 0 spiro atoms. The number of rotatable bonds is 3. The molecule has 0 amide bonds. The summed E-state index contributed by atoms with van der Waals surface area (Å²) in [7, 11) is 0. The van der Waals surface area contributed by atoms with Gasteiger partial charge in [-0.25, -0.2) is 4.79 Å². The van der Waals surface area contributed by atoms with E-state index < -0.39 is 35.7 Å². The van der Waals surface area contributed by atoms with Crippen molar-refractivity contribution in [2.24, 2.45) is 17.8 Å². The van der Waals surface area contributed by atoms with Crippen molar-refractivity contribution in [3.63, 3.8) is 0 Å². The van der Waals surface area contributed by atoms with Crippen molar-refractivity contribution in [2.75, 3.05) is 0 Å². The van der Waals surface area contributed by atoms with Gasteiger partial charge in [0, 0.05) is 17.4 Å². The zero-order valence-corrected chi connectivity index (χ0v) is 11.5. The van der Waals surface area contributed by atoms with E-state index in [4.69, 9.17) is 4.74 Å². The molecule has 2 aliphatic carbocycles. The number of hydrogen-bond acceptors (Lipinski definition) is 3. The van der Waals surface area contributed by atoms with E-state index in [-0.39, 0.29) is 17.9 Å². The maximum absolute atomic E-state index is 13.1. The molecular formula is C14H19F3O3. The monoisotopic (exact) mass is 292 g/mol. The van der Waals surface area contributed by atoms with Crippen LogP contribution < -0.4 is 0 Å². The van der Waals surface area contributed by atoms with Gasteiger partial charge in [-0.3, -0.25) is 0 Å². The highest BCUT2D eigenvalue weighted by molar-refractivity contribution is 5.87. The molecule has 0 saturated heterocycles. The lowest BCUT2D eigenvalue weighted by molar-refractivity contribution is -0.285. The average molecular weight is 292 g/mol. The average Bonchev–Trinajstić information content (AvgIpc) is 2.84. The van der Waals surface area contributed by atoms with Gasteiger partial charge in [0.05, 0.1) is 0 Å². The van der Waals surface area contributed by atoms with Crippen molar-refractivity contribution in [3.05, 3.63) is 12.2 Å².